The predicted molar refractivity (Wildman–Crippen MR) is 71.3 cm³/mol. The molecule has 0 amide bonds. The Morgan fingerprint density at radius 3 is 1.81 bits per heavy atom. The van der Waals surface area contributed by atoms with E-state index in [0.717, 1.165) is 13.8 Å². The standard InChI is InChI=1S/C12H17BrO8/c1-5(14)18-9-8(4-13)21-12(17)11(20-7(3)16)10(9)19-6(2)15/h8-12,17H,4H2,1-3H3/t8-,9-,10+,11+,12-/m0/s1. The second-order valence-electron chi connectivity index (χ2n) is 4.44. The number of halogens is 1. The molecule has 0 aliphatic carbocycles. The molecule has 1 heterocycles. The third-order valence-electron chi connectivity index (χ3n) is 2.67. The summed E-state index contributed by atoms with van der Waals surface area (Å²) in [4.78, 5) is 33.6. The number of hydrogen-bond donors (Lipinski definition) is 1. The summed E-state index contributed by atoms with van der Waals surface area (Å²) in [6.07, 6.45) is -5.74. The van der Waals surface area contributed by atoms with Gasteiger partial charge >= 0.3 is 17.9 Å². The lowest BCUT2D eigenvalue weighted by atomic mass is 9.99. The largest absolute Gasteiger partial charge is 0.456 e. The lowest BCUT2D eigenvalue weighted by molar-refractivity contribution is -0.287. The van der Waals surface area contributed by atoms with E-state index in [1.165, 1.54) is 6.92 Å². The Balaban J connectivity index is 3.08. The third kappa shape index (κ3) is 4.94. The minimum absolute atomic E-state index is 0.215. The van der Waals surface area contributed by atoms with Crippen molar-refractivity contribution in [3.05, 3.63) is 0 Å². The van der Waals surface area contributed by atoms with E-state index >= 15 is 0 Å². The van der Waals surface area contributed by atoms with Crippen molar-refractivity contribution in [1.29, 1.82) is 0 Å². The van der Waals surface area contributed by atoms with Gasteiger partial charge in [-0.1, -0.05) is 15.9 Å². The Morgan fingerprint density at radius 1 is 0.952 bits per heavy atom. The first-order valence-electron chi connectivity index (χ1n) is 6.17. The maximum Gasteiger partial charge on any atom is 0.303 e. The Hall–Kier alpha value is -1.19. The maximum atomic E-state index is 11.2. The molecule has 0 radical (unpaired) electrons. The Kier molecular flexibility index (Phi) is 6.56. The molecule has 0 spiro atoms. The summed E-state index contributed by atoms with van der Waals surface area (Å²) < 4.78 is 20.3. The fourth-order valence-electron chi connectivity index (χ4n) is 2.00. The zero-order valence-corrected chi connectivity index (χ0v) is 13.4. The third-order valence-corrected chi connectivity index (χ3v) is 3.31. The topological polar surface area (TPSA) is 108 Å². The van der Waals surface area contributed by atoms with Crippen LogP contribution >= 0.6 is 15.9 Å². The molecular weight excluding hydrogens is 352 g/mol. The van der Waals surface area contributed by atoms with Crippen LogP contribution in [0.3, 0.4) is 0 Å². The fraction of sp³-hybridized carbons (Fsp3) is 0.750. The molecule has 0 aromatic carbocycles. The lowest BCUT2D eigenvalue weighted by Crippen LogP contribution is -2.61. The van der Waals surface area contributed by atoms with E-state index in [1.807, 2.05) is 0 Å². The molecule has 0 saturated carbocycles. The number of alkyl halides is 1. The van der Waals surface area contributed by atoms with Crippen molar-refractivity contribution in [3.8, 4) is 0 Å². The van der Waals surface area contributed by atoms with Crippen molar-refractivity contribution in [2.45, 2.75) is 51.5 Å². The van der Waals surface area contributed by atoms with Gasteiger partial charge in [-0.15, -0.1) is 0 Å². The Labute approximate surface area is 129 Å². The first kappa shape index (κ1) is 17.9. The molecular formula is C12H17BrO8. The molecule has 0 aromatic rings. The summed E-state index contributed by atoms with van der Waals surface area (Å²) in [7, 11) is 0. The van der Waals surface area contributed by atoms with Crippen molar-refractivity contribution in [2.24, 2.45) is 0 Å². The number of carbonyl (C=O) groups excluding carboxylic acids is 3. The van der Waals surface area contributed by atoms with Crippen LogP contribution in [0.25, 0.3) is 0 Å². The van der Waals surface area contributed by atoms with Crippen molar-refractivity contribution in [3.63, 3.8) is 0 Å². The summed E-state index contributed by atoms with van der Waals surface area (Å²) in [6.45, 7) is 3.47. The molecule has 0 unspecified atom stereocenters. The van der Waals surface area contributed by atoms with Gasteiger partial charge in [0.25, 0.3) is 0 Å². The van der Waals surface area contributed by atoms with Crippen molar-refractivity contribution in [1.82, 2.24) is 0 Å². The number of carbonyl (C=O) groups is 3. The summed E-state index contributed by atoms with van der Waals surface area (Å²) in [5.74, 6) is -1.99. The smallest absolute Gasteiger partial charge is 0.303 e. The summed E-state index contributed by atoms with van der Waals surface area (Å²) >= 11 is 3.16. The van der Waals surface area contributed by atoms with Gasteiger partial charge in [0, 0.05) is 26.1 Å². The highest BCUT2D eigenvalue weighted by atomic mass is 79.9. The van der Waals surface area contributed by atoms with Crippen molar-refractivity contribution in [2.75, 3.05) is 5.33 Å². The second kappa shape index (κ2) is 7.71. The van der Waals surface area contributed by atoms with Crippen LogP contribution in [0.5, 0.6) is 0 Å². The molecule has 1 aliphatic heterocycles. The van der Waals surface area contributed by atoms with E-state index in [0.29, 0.717) is 0 Å². The van der Waals surface area contributed by atoms with Gasteiger partial charge in [0.1, 0.15) is 6.10 Å². The predicted octanol–water partition coefficient (Wildman–Crippen LogP) is -0.106. The van der Waals surface area contributed by atoms with Crippen LogP contribution in [0, 0.1) is 0 Å². The van der Waals surface area contributed by atoms with E-state index in [1.54, 1.807) is 0 Å². The SMILES string of the molecule is CC(=O)O[C@@H]1[C@@H](OC(C)=O)[C@H](CBr)O[C@H](O)[C@@H]1OC(C)=O. The molecule has 8 nitrogen and oxygen atoms in total. The molecule has 1 N–H and O–H groups in total. The van der Waals surface area contributed by atoms with Gasteiger partial charge in [-0.25, -0.2) is 0 Å². The van der Waals surface area contributed by atoms with Gasteiger partial charge in [0.2, 0.25) is 0 Å². The number of esters is 3. The molecule has 21 heavy (non-hydrogen) atoms. The minimum atomic E-state index is -1.51. The van der Waals surface area contributed by atoms with Gasteiger partial charge < -0.3 is 24.1 Å². The molecule has 5 atom stereocenters. The highest BCUT2D eigenvalue weighted by Crippen LogP contribution is 2.28. The molecule has 0 aromatic heterocycles. The number of aliphatic hydroxyl groups excluding tert-OH is 1. The Bertz CT molecular complexity index is 412. The quantitative estimate of drug-likeness (QED) is 0.416. The van der Waals surface area contributed by atoms with Crippen LogP contribution in [0.1, 0.15) is 20.8 Å². The summed E-state index contributed by atoms with van der Waals surface area (Å²) in [5, 5.41) is 10.1. The molecule has 1 fully saturated rings. The van der Waals surface area contributed by atoms with Crippen molar-refractivity contribution >= 4 is 33.8 Å². The highest BCUT2D eigenvalue weighted by Gasteiger charge is 2.50. The van der Waals surface area contributed by atoms with E-state index in [4.69, 9.17) is 18.9 Å². The average molecular weight is 369 g/mol. The first-order chi connectivity index (χ1) is 9.76. The summed E-state index contributed by atoms with van der Waals surface area (Å²) in [6, 6.07) is 0. The molecule has 0 bridgehead atoms. The summed E-state index contributed by atoms with van der Waals surface area (Å²) in [5.41, 5.74) is 0. The Morgan fingerprint density at radius 2 is 1.38 bits per heavy atom. The van der Waals surface area contributed by atoms with E-state index in [9.17, 15) is 19.5 Å². The molecule has 1 saturated heterocycles. The first-order valence-corrected chi connectivity index (χ1v) is 7.29. The van der Waals surface area contributed by atoms with Crippen LogP contribution < -0.4 is 0 Å². The van der Waals surface area contributed by atoms with Crippen LogP contribution in [-0.4, -0.2) is 59.1 Å². The number of hydrogen-bond acceptors (Lipinski definition) is 8. The zero-order valence-electron chi connectivity index (χ0n) is 11.8. The van der Waals surface area contributed by atoms with E-state index in [2.05, 4.69) is 15.9 Å². The molecule has 1 rings (SSSR count). The number of rotatable bonds is 4. The van der Waals surface area contributed by atoms with Crippen LogP contribution in [-0.2, 0) is 33.3 Å². The number of ether oxygens (including phenoxy) is 4. The zero-order chi connectivity index (χ0) is 16.2. The molecule has 120 valence electrons. The van der Waals surface area contributed by atoms with Gasteiger partial charge in [-0.3, -0.25) is 14.4 Å². The maximum absolute atomic E-state index is 11.2. The van der Waals surface area contributed by atoms with Gasteiger partial charge in [-0.2, -0.15) is 0 Å². The van der Waals surface area contributed by atoms with Crippen molar-refractivity contribution < 1.29 is 38.4 Å². The normalized spacial score (nSPS) is 32.1. The monoisotopic (exact) mass is 368 g/mol. The van der Waals surface area contributed by atoms with Gasteiger partial charge in [0.15, 0.2) is 24.6 Å². The van der Waals surface area contributed by atoms with Crippen LogP contribution in [0.2, 0.25) is 0 Å². The second-order valence-corrected chi connectivity index (χ2v) is 5.09. The van der Waals surface area contributed by atoms with Crippen LogP contribution in [0.4, 0.5) is 0 Å². The fourth-order valence-corrected chi connectivity index (χ4v) is 2.52. The van der Waals surface area contributed by atoms with Gasteiger partial charge in [0.05, 0.1) is 0 Å². The minimum Gasteiger partial charge on any atom is -0.456 e. The van der Waals surface area contributed by atoms with E-state index in [-0.39, 0.29) is 5.33 Å². The molecule has 1 aliphatic rings. The molecule has 9 heteroatoms. The lowest BCUT2D eigenvalue weighted by Gasteiger charge is -2.42. The van der Waals surface area contributed by atoms with Gasteiger partial charge in [-0.05, 0) is 0 Å². The average Bonchev–Trinajstić information content (AvgIpc) is 2.35. The highest BCUT2D eigenvalue weighted by molar-refractivity contribution is 9.09. The number of aliphatic hydroxyl groups is 1. The van der Waals surface area contributed by atoms with Crippen LogP contribution in [0.15, 0.2) is 0 Å². The van der Waals surface area contributed by atoms with E-state index < -0.39 is 48.6 Å².